The first-order chi connectivity index (χ1) is 9.95. The zero-order chi connectivity index (χ0) is 15.4. The molecule has 0 heterocycles. The maximum absolute atomic E-state index is 12.1. The first kappa shape index (κ1) is 16.4. The number of halogens is 3. The third-order valence-corrected chi connectivity index (χ3v) is 3.93. The van der Waals surface area contributed by atoms with Crippen LogP contribution in [0, 0.1) is 3.57 Å². The Bertz CT molecular complexity index is 647. The number of anilines is 1. The molecule has 110 valence electrons. The summed E-state index contributed by atoms with van der Waals surface area (Å²) in [5.41, 5.74) is 0.720. The van der Waals surface area contributed by atoms with E-state index >= 15 is 0 Å². The molecule has 1 atom stereocenters. The Kier molecular flexibility index (Phi) is 5.72. The number of ether oxygens (including phenoxy) is 1. The van der Waals surface area contributed by atoms with Crippen molar-refractivity contribution in [1.29, 1.82) is 0 Å². The van der Waals surface area contributed by atoms with Gasteiger partial charge in [-0.15, -0.1) is 0 Å². The second-order valence-electron chi connectivity index (χ2n) is 4.33. The molecule has 1 amide bonds. The van der Waals surface area contributed by atoms with Crippen molar-refractivity contribution >= 4 is 57.4 Å². The van der Waals surface area contributed by atoms with Crippen molar-refractivity contribution in [3.05, 3.63) is 56.1 Å². The van der Waals surface area contributed by atoms with E-state index in [-0.39, 0.29) is 5.91 Å². The Labute approximate surface area is 146 Å². The van der Waals surface area contributed by atoms with Crippen molar-refractivity contribution in [3.8, 4) is 5.75 Å². The lowest BCUT2D eigenvalue weighted by molar-refractivity contribution is -0.122. The van der Waals surface area contributed by atoms with Crippen molar-refractivity contribution in [2.45, 2.75) is 13.0 Å². The van der Waals surface area contributed by atoms with Crippen LogP contribution < -0.4 is 10.1 Å². The summed E-state index contributed by atoms with van der Waals surface area (Å²) in [5, 5.41) is 3.67. The quantitative estimate of drug-likeness (QED) is 0.686. The van der Waals surface area contributed by atoms with Crippen LogP contribution in [0.15, 0.2) is 42.5 Å². The van der Waals surface area contributed by atoms with E-state index in [1.165, 1.54) is 0 Å². The second kappa shape index (κ2) is 7.33. The molecule has 6 heteroatoms. The summed E-state index contributed by atoms with van der Waals surface area (Å²) in [6.07, 6.45) is -0.678. The van der Waals surface area contributed by atoms with Gasteiger partial charge in [0.25, 0.3) is 5.91 Å². The summed E-state index contributed by atoms with van der Waals surface area (Å²) < 4.78 is 6.65. The molecule has 1 unspecified atom stereocenters. The number of nitrogens with one attached hydrogen (secondary N) is 1. The van der Waals surface area contributed by atoms with Crippen LogP contribution >= 0.6 is 45.8 Å². The summed E-state index contributed by atoms with van der Waals surface area (Å²) in [7, 11) is 0. The first-order valence-corrected chi connectivity index (χ1v) is 7.97. The topological polar surface area (TPSA) is 38.3 Å². The van der Waals surface area contributed by atoms with E-state index in [0.717, 1.165) is 9.26 Å². The molecular weight excluding hydrogens is 424 g/mol. The minimum absolute atomic E-state index is 0.248. The van der Waals surface area contributed by atoms with E-state index in [9.17, 15) is 4.79 Å². The predicted molar refractivity (Wildman–Crippen MR) is 94.3 cm³/mol. The fourth-order valence-electron chi connectivity index (χ4n) is 1.59. The van der Waals surface area contributed by atoms with Crippen LogP contribution in [-0.2, 0) is 4.79 Å². The molecule has 0 saturated carbocycles. The van der Waals surface area contributed by atoms with Gasteiger partial charge in [-0.25, -0.2) is 0 Å². The van der Waals surface area contributed by atoms with E-state index in [0.29, 0.717) is 15.8 Å². The molecule has 2 aromatic carbocycles. The van der Waals surface area contributed by atoms with Gasteiger partial charge in [0.15, 0.2) is 6.10 Å². The lowest BCUT2D eigenvalue weighted by Crippen LogP contribution is -2.30. The molecule has 2 aromatic rings. The van der Waals surface area contributed by atoms with Gasteiger partial charge in [0, 0.05) is 14.3 Å². The summed E-state index contributed by atoms with van der Waals surface area (Å²) in [4.78, 5) is 12.1. The zero-order valence-electron chi connectivity index (χ0n) is 11.1. The standard InChI is InChI=1S/C15H12Cl2INO2/c1-9(21-14-7-2-10(16)8-13(14)17)15(20)19-12-5-3-11(18)4-6-12/h2-9H,1H3,(H,19,20). The van der Waals surface area contributed by atoms with Gasteiger partial charge >= 0.3 is 0 Å². The number of amides is 1. The predicted octanol–water partition coefficient (Wildman–Crippen LogP) is 5.00. The Morgan fingerprint density at radius 3 is 2.48 bits per heavy atom. The highest BCUT2D eigenvalue weighted by atomic mass is 127. The molecular formula is C15H12Cl2INO2. The van der Waals surface area contributed by atoms with Crippen LogP contribution in [0.25, 0.3) is 0 Å². The van der Waals surface area contributed by atoms with Gasteiger partial charge in [0.1, 0.15) is 5.75 Å². The Morgan fingerprint density at radius 1 is 1.19 bits per heavy atom. The second-order valence-corrected chi connectivity index (χ2v) is 6.42. The van der Waals surface area contributed by atoms with Crippen LogP contribution in [0.5, 0.6) is 5.75 Å². The van der Waals surface area contributed by atoms with Gasteiger partial charge in [0.05, 0.1) is 5.02 Å². The van der Waals surface area contributed by atoms with E-state index < -0.39 is 6.10 Å². The SMILES string of the molecule is CC(Oc1ccc(Cl)cc1Cl)C(=O)Nc1ccc(I)cc1. The van der Waals surface area contributed by atoms with Crippen LogP contribution in [0.4, 0.5) is 5.69 Å². The van der Waals surface area contributed by atoms with Gasteiger partial charge < -0.3 is 10.1 Å². The highest BCUT2D eigenvalue weighted by Gasteiger charge is 2.16. The minimum Gasteiger partial charge on any atom is -0.479 e. The maximum Gasteiger partial charge on any atom is 0.265 e. The Hall–Kier alpha value is -0.980. The number of rotatable bonds is 4. The van der Waals surface area contributed by atoms with Gasteiger partial charge in [-0.3, -0.25) is 4.79 Å². The third-order valence-electron chi connectivity index (χ3n) is 2.68. The molecule has 0 aromatic heterocycles. The van der Waals surface area contributed by atoms with Crippen LogP contribution in [0.3, 0.4) is 0 Å². The van der Waals surface area contributed by atoms with Crippen molar-refractivity contribution in [1.82, 2.24) is 0 Å². The van der Waals surface area contributed by atoms with Crippen LogP contribution in [0.2, 0.25) is 10.0 Å². The lowest BCUT2D eigenvalue weighted by Gasteiger charge is -2.15. The molecule has 0 spiro atoms. The van der Waals surface area contributed by atoms with Crippen molar-refractivity contribution in [2.24, 2.45) is 0 Å². The molecule has 0 radical (unpaired) electrons. The van der Waals surface area contributed by atoms with E-state index in [1.54, 1.807) is 25.1 Å². The highest BCUT2D eigenvalue weighted by molar-refractivity contribution is 14.1. The zero-order valence-corrected chi connectivity index (χ0v) is 14.7. The molecule has 1 N–H and O–H groups in total. The molecule has 21 heavy (non-hydrogen) atoms. The van der Waals surface area contributed by atoms with Gasteiger partial charge in [-0.2, -0.15) is 0 Å². The monoisotopic (exact) mass is 435 g/mol. The van der Waals surface area contributed by atoms with Crippen LogP contribution in [0.1, 0.15) is 6.92 Å². The Balaban J connectivity index is 2.00. The maximum atomic E-state index is 12.1. The normalized spacial score (nSPS) is 11.8. The Morgan fingerprint density at radius 2 is 1.86 bits per heavy atom. The van der Waals surface area contributed by atoms with Gasteiger partial charge in [0.2, 0.25) is 0 Å². The molecule has 3 nitrogen and oxygen atoms in total. The van der Waals surface area contributed by atoms with Gasteiger partial charge in [-0.1, -0.05) is 23.2 Å². The summed E-state index contributed by atoms with van der Waals surface area (Å²) in [6.45, 7) is 1.66. The molecule has 0 saturated heterocycles. The number of carbonyl (C=O) groups is 1. The summed E-state index contributed by atoms with van der Waals surface area (Å²) in [6, 6.07) is 12.4. The number of hydrogen-bond acceptors (Lipinski definition) is 2. The molecule has 0 aliphatic carbocycles. The molecule has 0 aliphatic rings. The summed E-state index contributed by atoms with van der Waals surface area (Å²) >= 11 is 14.0. The number of carbonyl (C=O) groups excluding carboxylic acids is 1. The van der Waals surface area contributed by atoms with E-state index in [2.05, 4.69) is 27.9 Å². The smallest absolute Gasteiger partial charge is 0.265 e. The van der Waals surface area contributed by atoms with Crippen LogP contribution in [-0.4, -0.2) is 12.0 Å². The highest BCUT2D eigenvalue weighted by Crippen LogP contribution is 2.28. The molecule has 2 rings (SSSR count). The average Bonchev–Trinajstić information content (AvgIpc) is 2.44. The summed E-state index contributed by atoms with van der Waals surface area (Å²) in [5.74, 6) is 0.175. The molecule has 0 bridgehead atoms. The van der Waals surface area contributed by atoms with E-state index in [4.69, 9.17) is 27.9 Å². The lowest BCUT2D eigenvalue weighted by atomic mass is 10.3. The molecule has 0 fully saturated rings. The number of benzene rings is 2. The number of hydrogen-bond donors (Lipinski definition) is 1. The van der Waals surface area contributed by atoms with E-state index in [1.807, 2.05) is 24.3 Å². The van der Waals surface area contributed by atoms with Gasteiger partial charge in [-0.05, 0) is 72.0 Å². The minimum atomic E-state index is -0.678. The fourth-order valence-corrected chi connectivity index (χ4v) is 2.40. The fraction of sp³-hybridized carbons (Fsp3) is 0.133. The van der Waals surface area contributed by atoms with Crippen molar-refractivity contribution < 1.29 is 9.53 Å². The molecule has 0 aliphatic heterocycles. The first-order valence-electron chi connectivity index (χ1n) is 6.14. The van der Waals surface area contributed by atoms with Crippen molar-refractivity contribution in [2.75, 3.05) is 5.32 Å². The average molecular weight is 436 g/mol. The largest absolute Gasteiger partial charge is 0.479 e. The van der Waals surface area contributed by atoms with Crippen molar-refractivity contribution in [3.63, 3.8) is 0 Å². The third kappa shape index (κ3) is 4.76.